The van der Waals surface area contributed by atoms with Crippen LogP contribution in [0.3, 0.4) is 0 Å². The van der Waals surface area contributed by atoms with Gasteiger partial charge in [-0.25, -0.2) is 9.37 Å². The number of hydrogen-bond donors (Lipinski definition) is 0. The molecule has 2 aliphatic heterocycles. The molecule has 2 saturated heterocycles. The molecule has 1 atom stereocenters. The van der Waals surface area contributed by atoms with E-state index in [1.54, 1.807) is 11.0 Å². The van der Waals surface area contributed by atoms with Crippen LogP contribution >= 0.6 is 0 Å². The van der Waals surface area contributed by atoms with Crippen LogP contribution in [0, 0.1) is 18.7 Å². The molecule has 0 aliphatic carbocycles. The zero-order valence-corrected chi connectivity index (χ0v) is 24.7. The number of carbonyl (C=O) groups excluding carboxylic acids is 1. The van der Waals surface area contributed by atoms with Gasteiger partial charge in [0.1, 0.15) is 11.6 Å². The second-order valence-corrected chi connectivity index (χ2v) is 11.8. The van der Waals surface area contributed by atoms with E-state index in [9.17, 15) is 9.18 Å². The summed E-state index contributed by atoms with van der Waals surface area (Å²) in [7, 11) is 0. The molecule has 0 unspecified atom stereocenters. The van der Waals surface area contributed by atoms with Crippen molar-refractivity contribution in [3.05, 3.63) is 59.4 Å². The molecule has 0 radical (unpaired) electrons. The van der Waals surface area contributed by atoms with E-state index in [2.05, 4.69) is 40.4 Å². The van der Waals surface area contributed by atoms with Gasteiger partial charge in [-0.3, -0.25) is 9.69 Å². The number of amides is 1. The lowest BCUT2D eigenvalue weighted by Crippen LogP contribution is -2.52. The van der Waals surface area contributed by atoms with Gasteiger partial charge in [0.2, 0.25) is 0 Å². The summed E-state index contributed by atoms with van der Waals surface area (Å²) in [6, 6.07) is 7.25. The maximum absolute atomic E-state index is 14.5. The molecule has 0 saturated carbocycles. The fourth-order valence-corrected chi connectivity index (χ4v) is 6.32. The van der Waals surface area contributed by atoms with Crippen LogP contribution in [0.1, 0.15) is 75.1 Å². The van der Waals surface area contributed by atoms with E-state index in [0.29, 0.717) is 43.2 Å². The van der Waals surface area contributed by atoms with E-state index in [1.165, 1.54) is 17.7 Å². The number of nitrogens with zero attached hydrogens (tertiary/aromatic N) is 4. The minimum Gasteiger partial charge on any atom is -0.350 e. The minimum absolute atomic E-state index is 0.0128. The van der Waals surface area contributed by atoms with Crippen LogP contribution in [-0.4, -0.2) is 76.3 Å². The van der Waals surface area contributed by atoms with Gasteiger partial charge in [0.25, 0.3) is 5.91 Å². The first-order valence-corrected chi connectivity index (χ1v) is 14.7. The third kappa shape index (κ3) is 5.67. The number of aromatic nitrogens is 2. The van der Waals surface area contributed by atoms with Crippen molar-refractivity contribution in [1.29, 1.82) is 0 Å². The Morgan fingerprint density at radius 1 is 1.12 bits per heavy atom. The Kier molecular flexibility index (Phi) is 8.59. The number of fused-ring (bicyclic) bond motifs is 1. The highest BCUT2D eigenvalue weighted by molar-refractivity contribution is 6.03. The maximum Gasteiger partial charge on any atom is 0.254 e. The van der Waals surface area contributed by atoms with Crippen LogP contribution in [0.15, 0.2) is 36.7 Å². The Hall–Kier alpha value is -2.81. The fourth-order valence-electron chi connectivity index (χ4n) is 6.32. The Labute approximate surface area is 237 Å². The summed E-state index contributed by atoms with van der Waals surface area (Å²) in [5.41, 5.74) is 4.17. The monoisotopic (exact) mass is 550 g/mol. The maximum atomic E-state index is 14.5. The largest absolute Gasteiger partial charge is 0.350 e. The first kappa shape index (κ1) is 28.7. The van der Waals surface area contributed by atoms with E-state index in [-0.39, 0.29) is 18.2 Å². The summed E-state index contributed by atoms with van der Waals surface area (Å²) in [5.74, 6) is 1.22. The number of halogens is 1. The number of aryl methyl sites for hydroxylation is 1. The zero-order chi connectivity index (χ0) is 28.6. The molecule has 0 bridgehead atoms. The Morgan fingerprint density at radius 3 is 2.50 bits per heavy atom. The van der Waals surface area contributed by atoms with Crippen molar-refractivity contribution in [3.63, 3.8) is 0 Å². The van der Waals surface area contributed by atoms with Crippen molar-refractivity contribution in [1.82, 2.24) is 19.2 Å². The average Bonchev–Trinajstić information content (AvgIpc) is 3.54. The number of pyridine rings is 1. The predicted molar refractivity (Wildman–Crippen MR) is 155 cm³/mol. The van der Waals surface area contributed by atoms with Gasteiger partial charge >= 0.3 is 0 Å². The van der Waals surface area contributed by atoms with Crippen molar-refractivity contribution in [2.45, 2.75) is 78.7 Å². The van der Waals surface area contributed by atoms with Gasteiger partial charge in [-0.1, -0.05) is 19.9 Å². The second kappa shape index (κ2) is 12.0. The van der Waals surface area contributed by atoms with Crippen LogP contribution in [-0.2, 0) is 9.47 Å². The minimum atomic E-state index is -0.411. The average molecular weight is 551 g/mol. The molecule has 0 N–H and O–H groups in total. The van der Waals surface area contributed by atoms with E-state index >= 15 is 0 Å². The van der Waals surface area contributed by atoms with Crippen LogP contribution in [0.4, 0.5) is 4.39 Å². The van der Waals surface area contributed by atoms with Crippen LogP contribution < -0.4 is 0 Å². The number of rotatable bonds is 10. The summed E-state index contributed by atoms with van der Waals surface area (Å²) < 4.78 is 28.0. The second-order valence-electron chi connectivity index (χ2n) is 11.8. The third-order valence-corrected chi connectivity index (χ3v) is 8.58. The molecule has 1 amide bonds. The van der Waals surface area contributed by atoms with Crippen molar-refractivity contribution in [2.75, 3.05) is 32.8 Å². The highest BCUT2D eigenvalue weighted by Crippen LogP contribution is 2.37. The molecular formula is C32H43FN4O3. The summed E-state index contributed by atoms with van der Waals surface area (Å²) in [6.45, 7) is 16.4. The molecule has 1 aromatic carbocycles. The third-order valence-electron chi connectivity index (χ3n) is 8.58. The lowest BCUT2D eigenvalue weighted by Gasteiger charge is -2.46. The zero-order valence-electron chi connectivity index (χ0n) is 24.7. The van der Waals surface area contributed by atoms with Gasteiger partial charge in [-0.15, -0.1) is 0 Å². The van der Waals surface area contributed by atoms with E-state index < -0.39 is 5.82 Å². The summed E-state index contributed by atoms with van der Waals surface area (Å²) in [5, 5.41) is 0. The van der Waals surface area contributed by atoms with Crippen LogP contribution in [0.2, 0.25) is 0 Å². The number of hydrogen-bond acceptors (Lipinski definition) is 5. The van der Waals surface area contributed by atoms with Gasteiger partial charge < -0.3 is 18.8 Å². The number of benzene rings is 1. The lowest BCUT2D eigenvalue weighted by atomic mass is 9.85. The quantitative estimate of drug-likeness (QED) is 0.315. The molecule has 2 fully saturated rings. The normalized spacial score (nSPS) is 17.7. The van der Waals surface area contributed by atoms with E-state index in [4.69, 9.17) is 9.47 Å². The smallest absolute Gasteiger partial charge is 0.254 e. The molecule has 40 heavy (non-hydrogen) atoms. The lowest BCUT2D eigenvalue weighted by molar-refractivity contribution is -0.0564. The predicted octanol–water partition coefficient (Wildman–Crippen LogP) is 5.90. The summed E-state index contributed by atoms with van der Waals surface area (Å²) >= 11 is 0. The van der Waals surface area contributed by atoms with Gasteiger partial charge in [0.05, 0.1) is 30.5 Å². The molecule has 8 heteroatoms. The number of ether oxygens (including phenoxy) is 2. The highest BCUT2D eigenvalue weighted by atomic mass is 19.1. The Morgan fingerprint density at radius 2 is 1.85 bits per heavy atom. The molecule has 0 spiro atoms. The van der Waals surface area contributed by atoms with Crippen molar-refractivity contribution in [2.24, 2.45) is 5.92 Å². The molecule has 2 aliphatic rings. The standard InChI is InChI=1S/C32H43FN4O3/c1-7-36(21(4)5)32(38)28-15-25(33)8-9-26(28)27-14-23(19-37-22(6)34-16-30(27)37)24-17-35(18-24)29(20(2)3)10-11-31-39-12-13-40-31/h8-9,14-16,19-21,24,29,31H,7,10-13,17-18H2,1-6H3/t29-/m0/s1. The number of likely N-dealkylation sites (tertiary alicyclic amines) is 1. The SMILES string of the molecule is CCN(C(=O)c1cc(F)ccc1-c1cc(C2CN([C@@H](CCC3OCCO3)C(C)C)C2)cn2c(C)ncc12)C(C)C. The molecule has 2 aromatic heterocycles. The first-order chi connectivity index (χ1) is 19.2. The topological polar surface area (TPSA) is 59.3 Å². The van der Waals surface area contributed by atoms with Crippen molar-refractivity contribution < 1.29 is 18.7 Å². The van der Waals surface area contributed by atoms with E-state index in [1.807, 2.05) is 33.9 Å². The molecule has 216 valence electrons. The summed E-state index contributed by atoms with van der Waals surface area (Å²) in [4.78, 5) is 22.6. The van der Waals surface area contributed by atoms with Gasteiger partial charge in [-0.2, -0.15) is 0 Å². The number of imidazole rings is 1. The summed E-state index contributed by atoms with van der Waals surface area (Å²) in [6.07, 6.45) is 5.93. The van der Waals surface area contributed by atoms with Gasteiger partial charge in [0.15, 0.2) is 6.29 Å². The Balaban J connectivity index is 1.45. The van der Waals surface area contributed by atoms with Crippen LogP contribution in [0.25, 0.3) is 16.6 Å². The first-order valence-electron chi connectivity index (χ1n) is 14.7. The van der Waals surface area contributed by atoms with Gasteiger partial charge in [-0.05, 0) is 75.8 Å². The fraction of sp³-hybridized carbons (Fsp3) is 0.562. The van der Waals surface area contributed by atoms with Crippen LogP contribution in [0.5, 0.6) is 0 Å². The van der Waals surface area contributed by atoms with E-state index in [0.717, 1.165) is 48.4 Å². The Bertz CT molecular complexity index is 1340. The molecule has 4 heterocycles. The molecule has 5 rings (SSSR count). The van der Waals surface area contributed by atoms with Gasteiger partial charge in [0, 0.05) is 49.4 Å². The van der Waals surface area contributed by atoms with Crippen molar-refractivity contribution in [3.8, 4) is 11.1 Å². The number of carbonyl (C=O) groups is 1. The van der Waals surface area contributed by atoms with Crippen molar-refractivity contribution >= 4 is 11.4 Å². The molecular weight excluding hydrogens is 507 g/mol. The molecule has 3 aromatic rings. The molecule has 7 nitrogen and oxygen atoms in total. The highest BCUT2D eigenvalue weighted by Gasteiger charge is 2.36.